The van der Waals surface area contributed by atoms with E-state index in [9.17, 15) is 4.79 Å². The molecule has 0 spiro atoms. The number of nitrogens with one attached hydrogen (secondary N) is 1. The molecule has 0 atom stereocenters. The van der Waals surface area contributed by atoms with E-state index in [1.54, 1.807) is 12.1 Å². The van der Waals surface area contributed by atoms with E-state index >= 15 is 0 Å². The van der Waals surface area contributed by atoms with Gasteiger partial charge in [-0.05, 0) is 18.6 Å². The third kappa shape index (κ3) is 4.62. The monoisotopic (exact) mass is 213 g/mol. The summed E-state index contributed by atoms with van der Waals surface area (Å²) in [5, 5.41) is 11.1. The fraction of sp³-hybridized carbons (Fsp3) is 0.500. The first kappa shape index (κ1) is 11.7. The van der Waals surface area contributed by atoms with E-state index in [1.165, 1.54) is 6.26 Å². The molecule has 0 aliphatic heterocycles. The normalized spacial score (nSPS) is 10.2. The van der Waals surface area contributed by atoms with Gasteiger partial charge in [0.15, 0.2) is 5.76 Å². The molecule has 1 aromatic heterocycles. The van der Waals surface area contributed by atoms with Gasteiger partial charge in [0.1, 0.15) is 0 Å². The lowest BCUT2D eigenvalue weighted by molar-refractivity contribution is 0.0856. The van der Waals surface area contributed by atoms with Crippen LogP contribution in [0.15, 0.2) is 22.8 Å². The largest absolute Gasteiger partial charge is 0.459 e. The van der Waals surface area contributed by atoms with E-state index in [4.69, 9.17) is 14.3 Å². The van der Waals surface area contributed by atoms with Crippen LogP contribution in [0.25, 0.3) is 0 Å². The van der Waals surface area contributed by atoms with Crippen LogP contribution >= 0.6 is 0 Å². The molecule has 1 amide bonds. The molecule has 0 saturated carbocycles. The highest BCUT2D eigenvalue weighted by atomic mass is 16.5. The lowest BCUT2D eigenvalue weighted by Gasteiger charge is -2.03. The Morgan fingerprint density at radius 2 is 2.40 bits per heavy atom. The van der Waals surface area contributed by atoms with Crippen LogP contribution in [0.1, 0.15) is 17.0 Å². The molecule has 0 aromatic carbocycles. The second kappa shape index (κ2) is 7.03. The third-order valence-electron chi connectivity index (χ3n) is 1.73. The second-order valence-electron chi connectivity index (χ2n) is 2.92. The molecule has 2 N–H and O–H groups in total. The molecular weight excluding hydrogens is 198 g/mol. The summed E-state index contributed by atoms with van der Waals surface area (Å²) in [6.07, 6.45) is 2.17. The smallest absolute Gasteiger partial charge is 0.286 e. The van der Waals surface area contributed by atoms with Crippen LogP contribution in [0, 0.1) is 0 Å². The van der Waals surface area contributed by atoms with Gasteiger partial charge in [-0.25, -0.2) is 0 Å². The van der Waals surface area contributed by atoms with Gasteiger partial charge in [0.05, 0.1) is 19.5 Å². The maximum absolute atomic E-state index is 11.3. The Morgan fingerprint density at radius 3 is 3.07 bits per heavy atom. The van der Waals surface area contributed by atoms with Gasteiger partial charge >= 0.3 is 0 Å². The number of hydrogen-bond acceptors (Lipinski definition) is 4. The lowest BCUT2D eigenvalue weighted by Crippen LogP contribution is -2.24. The number of rotatable bonds is 7. The van der Waals surface area contributed by atoms with Gasteiger partial charge in [0.2, 0.25) is 0 Å². The highest BCUT2D eigenvalue weighted by Gasteiger charge is 2.06. The zero-order valence-electron chi connectivity index (χ0n) is 8.44. The fourth-order valence-corrected chi connectivity index (χ4v) is 1.04. The van der Waals surface area contributed by atoms with Crippen molar-refractivity contribution in [2.24, 2.45) is 0 Å². The molecule has 5 heteroatoms. The van der Waals surface area contributed by atoms with Gasteiger partial charge in [0.25, 0.3) is 5.91 Å². The molecule has 0 fully saturated rings. The highest BCUT2D eigenvalue weighted by molar-refractivity contribution is 5.91. The molecule has 0 aliphatic carbocycles. The van der Waals surface area contributed by atoms with E-state index in [1.807, 2.05) is 0 Å². The molecule has 1 rings (SSSR count). The first-order valence-corrected chi connectivity index (χ1v) is 4.85. The van der Waals surface area contributed by atoms with Gasteiger partial charge in [-0.1, -0.05) is 0 Å². The SMILES string of the molecule is O=C(NCCCOCCO)c1ccco1. The number of aliphatic hydroxyl groups is 1. The molecule has 0 radical (unpaired) electrons. The first-order chi connectivity index (χ1) is 7.34. The average Bonchev–Trinajstić information content (AvgIpc) is 2.76. The van der Waals surface area contributed by atoms with Crippen LogP contribution < -0.4 is 5.32 Å². The Bertz CT molecular complexity index is 271. The molecule has 0 unspecified atom stereocenters. The molecule has 0 aliphatic rings. The van der Waals surface area contributed by atoms with Crippen molar-refractivity contribution < 1.29 is 19.1 Å². The number of amides is 1. The van der Waals surface area contributed by atoms with Crippen LogP contribution in [0.2, 0.25) is 0 Å². The number of carbonyl (C=O) groups excluding carboxylic acids is 1. The van der Waals surface area contributed by atoms with Gasteiger partial charge < -0.3 is 19.6 Å². The van der Waals surface area contributed by atoms with Gasteiger partial charge in [-0.2, -0.15) is 0 Å². The second-order valence-corrected chi connectivity index (χ2v) is 2.92. The molecule has 0 saturated heterocycles. The number of aliphatic hydroxyl groups excluding tert-OH is 1. The Hall–Kier alpha value is -1.33. The maximum atomic E-state index is 11.3. The fourth-order valence-electron chi connectivity index (χ4n) is 1.04. The lowest BCUT2D eigenvalue weighted by atomic mass is 10.4. The summed E-state index contributed by atoms with van der Waals surface area (Å²) >= 11 is 0. The zero-order valence-corrected chi connectivity index (χ0v) is 8.44. The Morgan fingerprint density at radius 1 is 1.53 bits per heavy atom. The minimum atomic E-state index is -0.220. The van der Waals surface area contributed by atoms with Crippen molar-refractivity contribution in [3.05, 3.63) is 24.2 Å². The van der Waals surface area contributed by atoms with Gasteiger partial charge in [-0.3, -0.25) is 4.79 Å². The van der Waals surface area contributed by atoms with Crippen LogP contribution in [-0.2, 0) is 4.74 Å². The summed E-state index contributed by atoms with van der Waals surface area (Å²) < 4.78 is 9.95. The molecule has 15 heavy (non-hydrogen) atoms. The van der Waals surface area contributed by atoms with E-state index in [2.05, 4.69) is 5.32 Å². The molecule has 84 valence electrons. The van der Waals surface area contributed by atoms with Crippen LogP contribution in [0.3, 0.4) is 0 Å². The summed E-state index contributed by atoms with van der Waals surface area (Å²) in [6, 6.07) is 3.27. The van der Waals surface area contributed by atoms with Crippen molar-refractivity contribution in [1.82, 2.24) is 5.32 Å². The van der Waals surface area contributed by atoms with Crippen molar-refractivity contribution in [3.63, 3.8) is 0 Å². The van der Waals surface area contributed by atoms with Gasteiger partial charge in [0, 0.05) is 13.2 Å². The predicted octanol–water partition coefficient (Wildman–Crippen LogP) is 0.408. The highest BCUT2D eigenvalue weighted by Crippen LogP contribution is 1.98. The average molecular weight is 213 g/mol. The standard InChI is InChI=1S/C10H15NO4/c12-5-8-14-6-2-4-11-10(13)9-3-1-7-15-9/h1,3,7,12H,2,4-6,8H2,(H,11,13). The number of hydrogen-bond donors (Lipinski definition) is 2. The molecule has 5 nitrogen and oxygen atoms in total. The number of furan rings is 1. The van der Waals surface area contributed by atoms with Crippen molar-refractivity contribution >= 4 is 5.91 Å². The molecule has 1 aromatic rings. The van der Waals surface area contributed by atoms with Crippen molar-refractivity contribution in [2.45, 2.75) is 6.42 Å². The summed E-state index contributed by atoms with van der Waals surface area (Å²) in [5.41, 5.74) is 0. The summed E-state index contributed by atoms with van der Waals surface area (Å²) in [7, 11) is 0. The van der Waals surface area contributed by atoms with E-state index in [-0.39, 0.29) is 12.5 Å². The number of ether oxygens (including phenoxy) is 1. The molecule has 0 bridgehead atoms. The van der Waals surface area contributed by atoms with Crippen molar-refractivity contribution in [3.8, 4) is 0 Å². The van der Waals surface area contributed by atoms with E-state index < -0.39 is 0 Å². The van der Waals surface area contributed by atoms with Crippen LogP contribution in [-0.4, -0.2) is 37.4 Å². The summed E-state index contributed by atoms with van der Waals surface area (Å²) in [4.78, 5) is 11.3. The van der Waals surface area contributed by atoms with E-state index in [0.717, 1.165) is 0 Å². The van der Waals surface area contributed by atoms with Crippen LogP contribution in [0.5, 0.6) is 0 Å². The third-order valence-corrected chi connectivity index (χ3v) is 1.73. The molecular formula is C10H15NO4. The predicted molar refractivity (Wildman–Crippen MR) is 53.6 cm³/mol. The maximum Gasteiger partial charge on any atom is 0.286 e. The van der Waals surface area contributed by atoms with Crippen molar-refractivity contribution in [2.75, 3.05) is 26.4 Å². The minimum absolute atomic E-state index is 0.0265. The van der Waals surface area contributed by atoms with E-state index in [0.29, 0.717) is 31.9 Å². The minimum Gasteiger partial charge on any atom is -0.459 e. The topological polar surface area (TPSA) is 71.7 Å². The van der Waals surface area contributed by atoms with Crippen molar-refractivity contribution in [1.29, 1.82) is 0 Å². The quantitative estimate of drug-likeness (QED) is 0.643. The zero-order chi connectivity index (χ0) is 10.9. The Balaban J connectivity index is 2.03. The molecule has 1 heterocycles. The van der Waals surface area contributed by atoms with Gasteiger partial charge in [-0.15, -0.1) is 0 Å². The summed E-state index contributed by atoms with van der Waals surface area (Å²) in [6.45, 7) is 1.43. The number of carbonyl (C=O) groups is 1. The first-order valence-electron chi connectivity index (χ1n) is 4.85. The summed E-state index contributed by atoms with van der Waals surface area (Å²) in [5.74, 6) is 0.0911. The van der Waals surface area contributed by atoms with Crippen LogP contribution in [0.4, 0.5) is 0 Å². The Labute approximate surface area is 88.0 Å². The Kier molecular flexibility index (Phi) is 5.50.